The molecule has 0 fully saturated rings. The Bertz CT molecular complexity index is 985. The van der Waals surface area contributed by atoms with Gasteiger partial charge in [0.15, 0.2) is 17.3 Å². The van der Waals surface area contributed by atoms with E-state index < -0.39 is 5.97 Å². The molecule has 3 rings (SSSR count). The molecule has 0 spiro atoms. The summed E-state index contributed by atoms with van der Waals surface area (Å²) in [5.74, 6) is -0.111. The topological polar surface area (TPSA) is 76.2 Å². The van der Waals surface area contributed by atoms with Gasteiger partial charge in [0, 0.05) is 11.1 Å². The second-order valence-electron chi connectivity index (χ2n) is 6.65. The van der Waals surface area contributed by atoms with Gasteiger partial charge in [0.05, 0.1) is 14.2 Å². The van der Waals surface area contributed by atoms with E-state index in [-0.39, 0.29) is 11.6 Å². The maximum absolute atomic E-state index is 13.6. The number of aromatic carboxylic acids is 1. The number of ether oxygens (including phenoxy) is 2. The summed E-state index contributed by atoms with van der Waals surface area (Å²) in [5, 5.41) is 11.0. The number of hydrogen-bond acceptors (Lipinski definition) is 5. The van der Waals surface area contributed by atoms with Gasteiger partial charge in [-0.2, -0.15) is 0 Å². The number of rotatable bonds is 9. The minimum absolute atomic E-state index is 0.212. The molecule has 0 bridgehead atoms. The van der Waals surface area contributed by atoms with Gasteiger partial charge in [-0.1, -0.05) is 12.1 Å². The number of methoxy groups -OCH3 is 2. The minimum Gasteiger partial charge on any atom is -0.542 e. The SMILES string of the molecule is COc1ccc(C[NH+](Cc2cccc(F)c2)Cc2ccc(C(=O)[O-])o2)cc1OC. The standard InChI is InChI=1S/C22H22FNO5/c1-27-19-8-6-16(11-21(19)28-2)13-24(12-15-4-3-5-17(23)10-15)14-18-7-9-20(29-18)22(25)26/h3-11H,12-14H2,1-2H3,(H,25,26). The van der Waals surface area contributed by atoms with Crippen molar-refractivity contribution in [3.63, 3.8) is 0 Å². The fraction of sp³-hybridized carbons (Fsp3) is 0.227. The quantitative estimate of drug-likeness (QED) is 0.591. The van der Waals surface area contributed by atoms with Crippen LogP contribution < -0.4 is 19.5 Å². The van der Waals surface area contributed by atoms with Gasteiger partial charge in [-0.25, -0.2) is 4.39 Å². The first kappa shape index (κ1) is 20.4. The Morgan fingerprint density at radius 3 is 2.31 bits per heavy atom. The maximum Gasteiger partial charge on any atom is 0.161 e. The predicted molar refractivity (Wildman–Crippen MR) is 101 cm³/mol. The van der Waals surface area contributed by atoms with Crippen molar-refractivity contribution in [3.05, 3.63) is 83.1 Å². The molecular weight excluding hydrogens is 377 g/mol. The van der Waals surface area contributed by atoms with Crippen LogP contribution in [0.3, 0.4) is 0 Å². The fourth-order valence-corrected chi connectivity index (χ4v) is 3.23. The molecule has 6 nitrogen and oxygen atoms in total. The Kier molecular flexibility index (Phi) is 6.51. The second kappa shape index (κ2) is 9.25. The van der Waals surface area contributed by atoms with Gasteiger partial charge < -0.3 is 28.7 Å². The Morgan fingerprint density at radius 1 is 0.966 bits per heavy atom. The lowest BCUT2D eigenvalue weighted by Crippen LogP contribution is -3.08. The molecular formula is C22H22FNO5. The summed E-state index contributed by atoms with van der Waals surface area (Å²) in [6, 6.07) is 15.0. The number of quaternary nitrogens is 1. The Morgan fingerprint density at radius 2 is 1.69 bits per heavy atom. The highest BCUT2D eigenvalue weighted by atomic mass is 19.1. The van der Waals surface area contributed by atoms with E-state index in [4.69, 9.17) is 13.9 Å². The zero-order chi connectivity index (χ0) is 20.8. The van der Waals surface area contributed by atoms with E-state index >= 15 is 0 Å². The average Bonchev–Trinajstić information content (AvgIpc) is 3.16. The maximum atomic E-state index is 13.6. The van der Waals surface area contributed by atoms with Crippen LogP contribution in [0.2, 0.25) is 0 Å². The van der Waals surface area contributed by atoms with Gasteiger partial charge in [-0.3, -0.25) is 0 Å². The number of nitrogens with one attached hydrogen (secondary N) is 1. The van der Waals surface area contributed by atoms with Crippen LogP contribution in [0.25, 0.3) is 0 Å². The highest BCUT2D eigenvalue weighted by molar-refractivity contribution is 5.82. The molecule has 29 heavy (non-hydrogen) atoms. The minimum atomic E-state index is -1.36. The third-order valence-corrected chi connectivity index (χ3v) is 4.53. The molecule has 0 saturated carbocycles. The van der Waals surface area contributed by atoms with Gasteiger partial charge in [0.1, 0.15) is 37.2 Å². The van der Waals surface area contributed by atoms with Crippen LogP contribution in [0.5, 0.6) is 11.5 Å². The van der Waals surface area contributed by atoms with E-state index in [1.165, 1.54) is 18.2 Å². The number of benzene rings is 2. The second-order valence-corrected chi connectivity index (χ2v) is 6.65. The van der Waals surface area contributed by atoms with Gasteiger partial charge in [-0.15, -0.1) is 0 Å². The highest BCUT2D eigenvalue weighted by Crippen LogP contribution is 2.27. The molecule has 0 aliphatic heterocycles. The summed E-state index contributed by atoms with van der Waals surface area (Å²) in [4.78, 5) is 12.0. The lowest BCUT2D eigenvalue weighted by molar-refractivity contribution is -0.942. The number of furan rings is 1. The number of halogens is 1. The summed E-state index contributed by atoms with van der Waals surface area (Å²) in [7, 11) is 3.15. The summed E-state index contributed by atoms with van der Waals surface area (Å²) in [5.41, 5.74) is 1.81. The van der Waals surface area contributed by atoms with Crippen LogP contribution in [0.1, 0.15) is 27.4 Å². The van der Waals surface area contributed by atoms with Gasteiger partial charge in [-0.05, 0) is 42.5 Å². The van der Waals surface area contributed by atoms with Crippen molar-refractivity contribution in [3.8, 4) is 11.5 Å². The number of carbonyl (C=O) groups is 1. The molecule has 3 aromatic rings. The van der Waals surface area contributed by atoms with Gasteiger partial charge >= 0.3 is 0 Å². The normalized spacial score (nSPS) is 11.8. The van der Waals surface area contributed by atoms with E-state index in [0.717, 1.165) is 16.0 Å². The Balaban J connectivity index is 1.84. The molecule has 0 aliphatic rings. The molecule has 152 valence electrons. The van der Waals surface area contributed by atoms with E-state index in [0.29, 0.717) is 36.9 Å². The largest absolute Gasteiger partial charge is 0.542 e. The van der Waals surface area contributed by atoms with Crippen molar-refractivity contribution >= 4 is 5.97 Å². The van der Waals surface area contributed by atoms with Crippen LogP contribution in [-0.2, 0) is 19.6 Å². The first-order valence-corrected chi connectivity index (χ1v) is 9.07. The molecule has 0 amide bonds. The van der Waals surface area contributed by atoms with Crippen molar-refractivity contribution in [2.75, 3.05) is 14.2 Å². The van der Waals surface area contributed by atoms with Crippen molar-refractivity contribution in [2.45, 2.75) is 19.6 Å². The van der Waals surface area contributed by atoms with Crippen molar-refractivity contribution in [2.24, 2.45) is 0 Å². The number of carbonyl (C=O) groups excluding carboxylic acids is 1. The van der Waals surface area contributed by atoms with Crippen LogP contribution in [0.15, 0.2) is 59.0 Å². The molecule has 7 heteroatoms. The van der Waals surface area contributed by atoms with Crippen LogP contribution in [0.4, 0.5) is 4.39 Å². The van der Waals surface area contributed by atoms with Crippen LogP contribution in [-0.4, -0.2) is 20.2 Å². The summed E-state index contributed by atoms with van der Waals surface area (Å²) in [6.45, 7) is 1.52. The number of carboxylic acid groups (broad SMARTS) is 1. The molecule has 2 aromatic carbocycles. The summed E-state index contributed by atoms with van der Waals surface area (Å²) < 4.78 is 29.6. The first-order chi connectivity index (χ1) is 14.0. The molecule has 1 aromatic heterocycles. The third-order valence-electron chi connectivity index (χ3n) is 4.53. The zero-order valence-corrected chi connectivity index (χ0v) is 16.2. The zero-order valence-electron chi connectivity index (χ0n) is 16.2. The molecule has 0 radical (unpaired) electrons. The predicted octanol–water partition coefficient (Wildman–Crippen LogP) is 1.58. The number of hydrogen-bond donors (Lipinski definition) is 1. The van der Waals surface area contributed by atoms with E-state index in [2.05, 4.69) is 0 Å². The van der Waals surface area contributed by atoms with Crippen molar-refractivity contribution in [1.29, 1.82) is 0 Å². The smallest absolute Gasteiger partial charge is 0.161 e. The Labute approximate surface area is 168 Å². The molecule has 1 heterocycles. The van der Waals surface area contributed by atoms with Gasteiger partial charge in [0.25, 0.3) is 0 Å². The number of carboxylic acids is 1. The summed E-state index contributed by atoms with van der Waals surface area (Å²) >= 11 is 0. The third kappa shape index (κ3) is 5.36. The lowest BCUT2D eigenvalue weighted by atomic mass is 10.1. The average molecular weight is 399 g/mol. The van der Waals surface area contributed by atoms with Gasteiger partial charge in [0.2, 0.25) is 0 Å². The first-order valence-electron chi connectivity index (χ1n) is 9.07. The summed E-state index contributed by atoms with van der Waals surface area (Å²) in [6.07, 6.45) is 0. The fourth-order valence-electron chi connectivity index (χ4n) is 3.23. The Hall–Kier alpha value is -3.32. The molecule has 1 atom stereocenters. The monoisotopic (exact) mass is 399 g/mol. The van der Waals surface area contributed by atoms with E-state index in [1.807, 2.05) is 24.3 Å². The molecule has 1 unspecified atom stereocenters. The van der Waals surface area contributed by atoms with Crippen molar-refractivity contribution < 1.29 is 33.1 Å². The molecule has 0 saturated heterocycles. The highest BCUT2D eigenvalue weighted by Gasteiger charge is 2.16. The van der Waals surface area contributed by atoms with Crippen molar-refractivity contribution in [1.82, 2.24) is 0 Å². The van der Waals surface area contributed by atoms with E-state index in [9.17, 15) is 14.3 Å². The van der Waals surface area contributed by atoms with Crippen LogP contribution in [0, 0.1) is 5.82 Å². The lowest BCUT2D eigenvalue weighted by Gasteiger charge is -2.19. The molecule has 1 N–H and O–H groups in total. The van der Waals surface area contributed by atoms with E-state index in [1.54, 1.807) is 26.4 Å². The molecule has 0 aliphatic carbocycles. The van der Waals surface area contributed by atoms with Crippen LogP contribution >= 0.6 is 0 Å².